The molecule has 0 amide bonds. The van der Waals surface area contributed by atoms with Crippen molar-refractivity contribution in [1.82, 2.24) is 15.2 Å². The lowest BCUT2D eigenvalue weighted by Crippen LogP contribution is -2.34. The van der Waals surface area contributed by atoms with Crippen molar-refractivity contribution in [2.24, 2.45) is 0 Å². The van der Waals surface area contributed by atoms with Crippen molar-refractivity contribution in [3.05, 3.63) is 24.4 Å². The van der Waals surface area contributed by atoms with Gasteiger partial charge in [-0.3, -0.25) is 0 Å². The van der Waals surface area contributed by atoms with Gasteiger partial charge in [0.15, 0.2) is 27.2 Å². The maximum atomic E-state index is 11.7. The Bertz CT molecular complexity index is 890. The van der Waals surface area contributed by atoms with Gasteiger partial charge in [-0.25, -0.2) is 8.42 Å². The highest BCUT2D eigenvalue weighted by molar-refractivity contribution is 7.91. The SMILES string of the molecule is COc1ccc(Nc2cnnc(N(C)C3CCS(=O)(=O)C3)n2)cc1OC. The van der Waals surface area contributed by atoms with Crippen molar-refractivity contribution in [3.8, 4) is 11.5 Å². The average Bonchev–Trinajstić information content (AvgIpc) is 3.01. The summed E-state index contributed by atoms with van der Waals surface area (Å²) in [7, 11) is 1.94. The molecule has 3 rings (SSSR count). The highest BCUT2D eigenvalue weighted by Crippen LogP contribution is 2.31. The van der Waals surface area contributed by atoms with Crippen LogP contribution < -0.4 is 19.7 Å². The van der Waals surface area contributed by atoms with Gasteiger partial charge in [-0.2, -0.15) is 10.1 Å². The van der Waals surface area contributed by atoms with E-state index in [2.05, 4.69) is 20.5 Å². The van der Waals surface area contributed by atoms with Crippen molar-refractivity contribution in [2.45, 2.75) is 12.5 Å². The summed E-state index contributed by atoms with van der Waals surface area (Å²) in [6.45, 7) is 0. The number of nitrogens with one attached hydrogen (secondary N) is 1. The molecule has 1 aliphatic heterocycles. The minimum Gasteiger partial charge on any atom is -0.493 e. The molecule has 0 saturated carbocycles. The zero-order chi connectivity index (χ0) is 18.7. The minimum atomic E-state index is -2.98. The van der Waals surface area contributed by atoms with Gasteiger partial charge in [0.2, 0.25) is 5.95 Å². The second-order valence-electron chi connectivity index (χ2n) is 6.00. The first-order valence-corrected chi connectivity index (χ1v) is 9.86. The molecule has 10 heteroatoms. The zero-order valence-electron chi connectivity index (χ0n) is 14.8. The molecular weight excluding hydrogens is 358 g/mol. The van der Waals surface area contributed by atoms with Gasteiger partial charge in [0.25, 0.3) is 0 Å². The molecule has 1 unspecified atom stereocenters. The maximum absolute atomic E-state index is 11.7. The number of rotatable bonds is 6. The van der Waals surface area contributed by atoms with Crippen LogP contribution in [0.4, 0.5) is 17.5 Å². The van der Waals surface area contributed by atoms with E-state index in [1.165, 1.54) is 6.20 Å². The topological polar surface area (TPSA) is 107 Å². The molecule has 0 aliphatic carbocycles. The zero-order valence-corrected chi connectivity index (χ0v) is 15.7. The van der Waals surface area contributed by atoms with Crippen molar-refractivity contribution in [1.29, 1.82) is 0 Å². The maximum Gasteiger partial charge on any atom is 0.247 e. The van der Waals surface area contributed by atoms with E-state index >= 15 is 0 Å². The standard InChI is InChI=1S/C16H21N5O4S/c1-21(12-6-7-26(22,23)10-12)16-19-15(9-17-20-16)18-11-4-5-13(24-2)14(8-11)25-3/h4-5,8-9,12H,6-7,10H2,1-3H3,(H,18,19,20). The summed E-state index contributed by atoms with van der Waals surface area (Å²) in [5, 5.41) is 11.1. The predicted octanol–water partition coefficient (Wildman–Crippen LogP) is 1.26. The number of sulfone groups is 1. The number of ether oxygens (including phenoxy) is 2. The van der Waals surface area contributed by atoms with Crippen LogP contribution >= 0.6 is 0 Å². The van der Waals surface area contributed by atoms with Gasteiger partial charge in [0.05, 0.1) is 31.9 Å². The third-order valence-corrected chi connectivity index (χ3v) is 6.03. The molecule has 9 nitrogen and oxygen atoms in total. The van der Waals surface area contributed by atoms with Crippen LogP contribution in [0.2, 0.25) is 0 Å². The third kappa shape index (κ3) is 3.96. The smallest absolute Gasteiger partial charge is 0.247 e. The first kappa shape index (κ1) is 18.2. The number of methoxy groups -OCH3 is 2. The van der Waals surface area contributed by atoms with Crippen LogP contribution in [-0.2, 0) is 9.84 Å². The summed E-state index contributed by atoms with van der Waals surface area (Å²) in [6.07, 6.45) is 2.06. The monoisotopic (exact) mass is 379 g/mol. The first-order chi connectivity index (χ1) is 12.4. The van der Waals surface area contributed by atoms with Crippen LogP contribution in [0, 0.1) is 0 Å². The Morgan fingerprint density at radius 1 is 1.23 bits per heavy atom. The Balaban J connectivity index is 1.77. The number of aromatic nitrogens is 3. The number of nitrogens with zero attached hydrogens (tertiary/aromatic N) is 4. The normalized spacial score (nSPS) is 18.3. The lowest BCUT2D eigenvalue weighted by atomic mass is 10.2. The molecule has 1 N–H and O–H groups in total. The lowest BCUT2D eigenvalue weighted by Gasteiger charge is -2.23. The van der Waals surface area contributed by atoms with Crippen LogP contribution in [-0.4, -0.2) is 62.4 Å². The number of hydrogen-bond donors (Lipinski definition) is 1. The van der Waals surface area contributed by atoms with E-state index in [-0.39, 0.29) is 17.5 Å². The summed E-state index contributed by atoms with van der Waals surface area (Å²) >= 11 is 0. The summed E-state index contributed by atoms with van der Waals surface area (Å²) < 4.78 is 33.9. The largest absolute Gasteiger partial charge is 0.493 e. The van der Waals surface area contributed by atoms with Crippen LogP contribution in [0.3, 0.4) is 0 Å². The predicted molar refractivity (Wildman–Crippen MR) is 98.1 cm³/mol. The van der Waals surface area contributed by atoms with Crippen molar-refractivity contribution in [2.75, 3.05) is 43.0 Å². The fourth-order valence-electron chi connectivity index (χ4n) is 2.81. The lowest BCUT2D eigenvalue weighted by molar-refractivity contribution is 0.355. The number of anilines is 3. The van der Waals surface area contributed by atoms with E-state index in [1.807, 2.05) is 6.07 Å². The molecule has 140 valence electrons. The summed E-state index contributed by atoms with van der Waals surface area (Å²) in [5.41, 5.74) is 0.750. The molecule has 0 spiro atoms. The van der Waals surface area contributed by atoms with Gasteiger partial charge < -0.3 is 19.7 Å². The van der Waals surface area contributed by atoms with Crippen LogP contribution in [0.5, 0.6) is 11.5 Å². The van der Waals surface area contributed by atoms with Gasteiger partial charge in [-0.15, -0.1) is 5.10 Å². The van der Waals surface area contributed by atoms with E-state index in [0.717, 1.165) is 5.69 Å². The molecule has 1 aromatic carbocycles. The van der Waals surface area contributed by atoms with Crippen LogP contribution in [0.15, 0.2) is 24.4 Å². The Labute approximate surface area is 152 Å². The molecule has 0 radical (unpaired) electrons. The first-order valence-electron chi connectivity index (χ1n) is 8.04. The molecule has 26 heavy (non-hydrogen) atoms. The molecular formula is C16H21N5O4S. The summed E-state index contributed by atoms with van der Waals surface area (Å²) in [5.74, 6) is 2.39. The third-order valence-electron chi connectivity index (χ3n) is 4.28. The van der Waals surface area contributed by atoms with Crippen LogP contribution in [0.25, 0.3) is 0 Å². The second-order valence-corrected chi connectivity index (χ2v) is 8.23. The highest BCUT2D eigenvalue weighted by Gasteiger charge is 2.32. The molecule has 1 fully saturated rings. The fourth-order valence-corrected chi connectivity index (χ4v) is 4.58. The molecule has 2 heterocycles. The van der Waals surface area contributed by atoms with Gasteiger partial charge in [-0.1, -0.05) is 0 Å². The Hall–Kier alpha value is -2.62. The molecule has 1 atom stereocenters. The van der Waals surface area contributed by atoms with Crippen molar-refractivity contribution < 1.29 is 17.9 Å². The summed E-state index contributed by atoms with van der Waals surface area (Å²) in [4.78, 5) is 6.19. The van der Waals surface area contributed by atoms with Gasteiger partial charge in [-0.05, 0) is 18.6 Å². The molecule has 0 bridgehead atoms. The molecule has 1 aromatic heterocycles. The van der Waals surface area contributed by atoms with Gasteiger partial charge in [0.1, 0.15) is 0 Å². The van der Waals surface area contributed by atoms with Crippen molar-refractivity contribution >= 4 is 27.3 Å². The Morgan fingerprint density at radius 3 is 2.65 bits per heavy atom. The number of benzene rings is 1. The van der Waals surface area contributed by atoms with E-state index < -0.39 is 9.84 Å². The molecule has 1 aliphatic rings. The average molecular weight is 379 g/mol. The fraction of sp³-hybridized carbons (Fsp3) is 0.438. The van der Waals surface area contributed by atoms with Gasteiger partial charge >= 0.3 is 0 Å². The minimum absolute atomic E-state index is 0.111. The molecule has 2 aromatic rings. The Morgan fingerprint density at radius 2 is 2.00 bits per heavy atom. The highest BCUT2D eigenvalue weighted by atomic mass is 32.2. The van der Waals surface area contributed by atoms with Gasteiger partial charge in [0, 0.05) is 24.8 Å². The van der Waals surface area contributed by atoms with E-state index in [4.69, 9.17) is 9.47 Å². The van der Waals surface area contributed by atoms with E-state index in [0.29, 0.717) is 29.7 Å². The molecule has 1 saturated heterocycles. The quantitative estimate of drug-likeness (QED) is 0.793. The number of hydrogen-bond acceptors (Lipinski definition) is 9. The van der Waals surface area contributed by atoms with E-state index in [9.17, 15) is 8.42 Å². The van der Waals surface area contributed by atoms with E-state index in [1.54, 1.807) is 38.3 Å². The Kier molecular flexibility index (Phi) is 5.12. The summed E-state index contributed by atoms with van der Waals surface area (Å²) in [6, 6.07) is 5.26. The van der Waals surface area contributed by atoms with Crippen molar-refractivity contribution in [3.63, 3.8) is 0 Å². The van der Waals surface area contributed by atoms with Crippen LogP contribution in [0.1, 0.15) is 6.42 Å². The second kappa shape index (κ2) is 7.32.